The van der Waals surface area contributed by atoms with Gasteiger partial charge in [-0.05, 0) is 61.1 Å². The van der Waals surface area contributed by atoms with E-state index in [1.165, 1.54) is 24.6 Å². The number of nitrogens with zero attached hydrogens (tertiary/aromatic N) is 4. The Labute approximate surface area is 150 Å². The molecule has 1 aromatic heterocycles. The van der Waals surface area contributed by atoms with Crippen molar-refractivity contribution < 1.29 is 9.53 Å². The average Bonchev–Trinajstić information content (AvgIpc) is 3.12. The van der Waals surface area contributed by atoms with Gasteiger partial charge in [0.05, 0.1) is 17.9 Å². The molecule has 0 bridgehead atoms. The summed E-state index contributed by atoms with van der Waals surface area (Å²) in [6.07, 6.45) is 7.23. The number of ether oxygens (including phenoxy) is 1. The lowest BCUT2D eigenvalue weighted by atomic mass is 10.2. The Morgan fingerprint density at radius 2 is 2.12 bits per heavy atom. The topological polar surface area (TPSA) is 81.9 Å². The molecule has 1 aromatic carbocycles. The first-order valence-electron chi connectivity index (χ1n) is 8.75. The summed E-state index contributed by atoms with van der Waals surface area (Å²) >= 11 is 1.36. The molecule has 2 aliphatic rings. The fourth-order valence-corrected chi connectivity index (χ4v) is 3.75. The second kappa shape index (κ2) is 7.43. The third-order valence-electron chi connectivity index (χ3n) is 4.41. The number of carbonyl (C=O) groups excluding carboxylic acids is 1. The third kappa shape index (κ3) is 4.31. The Morgan fingerprint density at radius 1 is 1.28 bits per heavy atom. The van der Waals surface area contributed by atoms with Crippen LogP contribution in [-0.4, -0.2) is 38.0 Å². The van der Waals surface area contributed by atoms with E-state index in [0.29, 0.717) is 17.3 Å². The highest BCUT2D eigenvalue weighted by Gasteiger charge is 2.28. The summed E-state index contributed by atoms with van der Waals surface area (Å²) in [4.78, 5) is 12.2. The molecule has 0 atom stereocenters. The van der Waals surface area contributed by atoms with Crippen LogP contribution in [0, 0.1) is 0 Å². The summed E-state index contributed by atoms with van der Waals surface area (Å²) in [7, 11) is 0. The molecule has 8 heteroatoms. The summed E-state index contributed by atoms with van der Waals surface area (Å²) < 4.78 is 7.79. The van der Waals surface area contributed by atoms with Crippen LogP contribution >= 0.6 is 11.8 Å². The molecule has 1 N–H and O–H groups in total. The van der Waals surface area contributed by atoms with E-state index >= 15 is 0 Å². The number of aromatic nitrogens is 4. The van der Waals surface area contributed by atoms with Gasteiger partial charge in [-0.15, -0.1) is 5.10 Å². The minimum absolute atomic E-state index is 0.0756. The molecule has 2 aromatic rings. The molecule has 1 amide bonds. The quantitative estimate of drug-likeness (QED) is 0.765. The maximum Gasteiger partial charge on any atom is 0.234 e. The van der Waals surface area contributed by atoms with Crippen LogP contribution in [0.3, 0.4) is 0 Å². The molecule has 7 nitrogen and oxygen atoms in total. The monoisotopic (exact) mass is 359 g/mol. The maximum atomic E-state index is 12.2. The summed E-state index contributed by atoms with van der Waals surface area (Å²) in [5.41, 5.74) is 0.753. The highest BCUT2D eigenvalue weighted by atomic mass is 32.2. The van der Waals surface area contributed by atoms with Crippen molar-refractivity contribution in [2.45, 2.75) is 55.8 Å². The van der Waals surface area contributed by atoms with Crippen molar-refractivity contribution in [3.05, 3.63) is 24.3 Å². The van der Waals surface area contributed by atoms with Crippen molar-refractivity contribution in [2.24, 2.45) is 0 Å². The van der Waals surface area contributed by atoms with Crippen LogP contribution in [0.4, 0.5) is 5.69 Å². The van der Waals surface area contributed by atoms with Crippen molar-refractivity contribution in [3.8, 4) is 5.75 Å². The van der Waals surface area contributed by atoms with Gasteiger partial charge in [-0.1, -0.05) is 17.8 Å². The molecule has 4 rings (SSSR count). The van der Waals surface area contributed by atoms with Crippen LogP contribution in [0.5, 0.6) is 5.75 Å². The zero-order chi connectivity index (χ0) is 17.1. The highest BCUT2D eigenvalue weighted by Crippen LogP contribution is 2.36. The Balaban J connectivity index is 1.30. The van der Waals surface area contributed by atoms with Gasteiger partial charge in [0.2, 0.25) is 11.1 Å². The van der Waals surface area contributed by atoms with Gasteiger partial charge in [0, 0.05) is 11.8 Å². The van der Waals surface area contributed by atoms with E-state index < -0.39 is 0 Å². The molecule has 25 heavy (non-hydrogen) atoms. The zero-order valence-electron chi connectivity index (χ0n) is 13.9. The number of amides is 1. The lowest BCUT2D eigenvalue weighted by Crippen LogP contribution is -2.15. The standard InChI is InChI=1S/C17H21N5O2S/c23-16(11-25-17-19-20-21-22(17)13-8-9-13)18-12-4-3-7-15(10-12)24-14-5-1-2-6-14/h3-4,7,10,13-14H,1-2,5-6,8-9,11H2,(H,18,23). The van der Waals surface area contributed by atoms with Crippen LogP contribution in [-0.2, 0) is 4.79 Å². The average molecular weight is 359 g/mol. The Morgan fingerprint density at radius 3 is 2.92 bits per heavy atom. The molecule has 132 valence electrons. The Bertz CT molecular complexity index is 740. The largest absolute Gasteiger partial charge is 0.490 e. The minimum atomic E-state index is -0.0756. The SMILES string of the molecule is O=C(CSc1nnnn1C1CC1)Nc1cccc(OC2CCCC2)c1. The smallest absolute Gasteiger partial charge is 0.234 e. The lowest BCUT2D eigenvalue weighted by Gasteiger charge is -2.14. The Kier molecular flexibility index (Phi) is 4.87. The molecule has 1 heterocycles. The minimum Gasteiger partial charge on any atom is -0.490 e. The number of carbonyl (C=O) groups is 1. The second-order valence-electron chi connectivity index (χ2n) is 6.53. The third-order valence-corrected chi connectivity index (χ3v) is 5.34. The predicted molar refractivity (Wildman–Crippen MR) is 94.8 cm³/mol. The van der Waals surface area contributed by atoms with Gasteiger partial charge in [-0.25, -0.2) is 4.68 Å². The summed E-state index contributed by atoms with van der Waals surface area (Å²) in [6, 6.07) is 8.01. The van der Waals surface area contributed by atoms with Gasteiger partial charge in [0.15, 0.2) is 0 Å². The van der Waals surface area contributed by atoms with E-state index in [4.69, 9.17) is 4.74 Å². The number of benzene rings is 1. The van der Waals surface area contributed by atoms with Crippen molar-refractivity contribution in [1.29, 1.82) is 0 Å². The number of nitrogens with one attached hydrogen (secondary N) is 1. The van der Waals surface area contributed by atoms with Crippen molar-refractivity contribution in [3.63, 3.8) is 0 Å². The molecule has 0 aliphatic heterocycles. The van der Waals surface area contributed by atoms with E-state index in [0.717, 1.165) is 37.1 Å². The highest BCUT2D eigenvalue weighted by molar-refractivity contribution is 7.99. The number of hydrogen-bond donors (Lipinski definition) is 1. The second-order valence-corrected chi connectivity index (χ2v) is 7.47. The molecular formula is C17H21N5O2S. The molecule has 0 unspecified atom stereocenters. The zero-order valence-corrected chi connectivity index (χ0v) is 14.7. The molecule has 2 aliphatic carbocycles. The predicted octanol–water partition coefficient (Wildman–Crippen LogP) is 3.06. The fraction of sp³-hybridized carbons (Fsp3) is 0.529. The van der Waals surface area contributed by atoms with Crippen molar-refractivity contribution >= 4 is 23.4 Å². The molecule has 0 saturated heterocycles. The molecule has 0 radical (unpaired) electrons. The number of tetrazole rings is 1. The van der Waals surface area contributed by atoms with Gasteiger partial charge < -0.3 is 10.1 Å². The molecule has 2 saturated carbocycles. The number of thioether (sulfide) groups is 1. The van der Waals surface area contributed by atoms with Crippen LogP contribution in [0.15, 0.2) is 29.4 Å². The van der Waals surface area contributed by atoms with Gasteiger partial charge in [0.1, 0.15) is 5.75 Å². The molecule has 2 fully saturated rings. The first kappa shape index (κ1) is 16.4. The van der Waals surface area contributed by atoms with Gasteiger partial charge in [0.25, 0.3) is 0 Å². The maximum absolute atomic E-state index is 12.2. The first-order valence-corrected chi connectivity index (χ1v) is 9.74. The lowest BCUT2D eigenvalue weighted by molar-refractivity contribution is -0.113. The van der Waals surface area contributed by atoms with Crippen molar-refractivity contribution in [1.82, 2.24) is 20.2 Å². The number of anilines is 1. The van der Waals surface area contributed by atoms with E-state index in [9.17, 15) is 4.79 Å². The van der Waals surface area contributed by atoms with E-state index in [-0.39, 0.29) is 11.7 Å². The van der Waals surface area contributed by atoms with Gasteiger partial charge >= 0.3 is 0 Å². The Hall–Kier alpha value is -2.09. The molecule has 0 spiro atoms. The number of rotatable bonds is 7. The van der Waals surface area contributed by atoms with Crippen LogP contribution < -0.4 is 10.1 Å². The summed E-state index contributed by atoms with van der Waals surface area (Å²) in [5, 5.41) is 15.3. The summed E-state index contributed by atoms with van der Waals surface area (Å²) in [6.45, 7) is 0. The van der Waals surface area contributed by atoms with Crippen LogP contribution in [0.2, 0.25) is 0 Å². The first-order chi connectivity index (χ1) is 12.3. The van der Waals surface area contributed by atoms with E-state index in [1.807, 2.05) is 28.9 Å². The van der Waals surface area contributed by atoms with Crippen LogP contribution in [0.25, 0.3) is 0 Å². The van der Waals surface area contributed by atoms with Crippen LogP contribution in [0.1, 0.15) is 44.6 Å². The van der Waals surface area contributed by atoms with Crippen molar-refractivity contribution in [2.75, 3.05) is 11.1 Å². The van der Waals surface area contributed by atoms with Gasteiger partial charge in [-0.3, -0.25) is 4.79 Å². The fourth-order valence-electron chi connectivity index (χ4n) is 3.00. The number of hydrogen-bond acceptors (Lipinski definition) is 6. The normalized spacial score (nSPS) is 17.6. The summed E-state index contributed by atoms with van der Waals surface area (Å²) in [5.74, 6) is 1.02. The van der Waals surface area contributed by atoms with E-state index in [1.54, 1.807) is 0 Å². The van der Waals surface area contributed by atoms with E-state index in [2.05, 4.69) is 20.8 Å². The van der Waals surface area contributed by atoms with Gasteiger partial charge in [-0.2, -0.15) is 0 Å². The molecular weight excluding hydrogens is 338 g/mol.